The lowest BCUT2D eigenvalue weighted by molar-refractivity contribution is 0.0928. The number of hydrogen-bond acceptors (Lipinski definition) is 3. The Labute approximate surface area is 121 Å². The van der Waals surface area contributed by atoms with Crippen molar-refractivity contribution in [2.75, 3.05) is 26.7 Å². The largest absolute Gasteiger partial charge is 0.350 e. The van der Waals surface area contributed by atoms with Gasteiger partial charge in [0.2, 0.25) is 0 Å². The molecule has 4 nitrogen and oxygen atoms in total. The van der Waals surface area contributed by atoms with Crippen molar-refractivity contribution >= 4 is 5.91 Å². The molecule has 110 valence electrons. The zero-order valence-corrected chi connectivity index (χ0v) is 12.3. The Morgan fingerprint density at radius 2 is 2.10 bits per heavy atom. The number of likely N-dealkylation sites (N-methyl/N-ethyl adjacent to an activating group) is 1. The maximum absolute atomic E-state index is 12.1. The Morgan fingerprint density at radius 3 is 2.75 bits per heavy atom. The number of carbonyl (C=O) groups excluding carboxylic acids is 1. The van der Waals surface area contributed by atoms with E-state index in [2.05, 4.69) is 17.3 Å². The highest BCUT2D eigenvalue weighted by atomic mass is 16.1. The Bertz CT molecular complexity index is 430. The summed E-state index contributed by atoms with van der Waals surface area (Å²) in [5.74, 6) is 0.0169. The number of benzene rings is 1. The first kappa shape index (κ1) is 15.0. The van der Waals surface area contributed by atoms with E-state index in [1.807, 2.05) is 24.3 Å². The van der Waals surface area contributed by atoms with E-state index in [1.54, 1.807) is 0 Å². The molecule has 3 N–H and O–H groups in total. The third kappa shape index (κ3) is 4.05. The summed E-state index contributed by atoms with van der Waals surface area (Å²) < 4.78 is 0. The molecule has 1 aliphatic heterocycles. The third-order valence-corrected chi connectivity index (χ3v) is 4.07. The maximum Gasteiger partial charge on any atom is 0.251 e. The van der Waals surface area contributed by atoms with Crippen LogP contribution in [-0.4, -0.2) is 43.5 Å². The quantitative estimate of drug-likeness (QED) is 0.854. The molecule has 1 aromatic carbocycles. The van der Waals surface area contributed by atoms with Crippen molar-refractivity contribution in [3.05, 3.63) is 35.4 Å². The number of nitrogens with two attached hydrogens (primary N) is 1. The van der Waals surface area contributed by atoms with Crippen molar-refractivity contribution in [1.29, 1.82) is 0 Å². The van der Waals surface area contributed by atoms with Crippen LogP contribution in [0.1, 0.15) is 35.2 Å². The van der Waals surface area contributed by atoms with Crippen molar-refractivity contribution in [3.63, 3.8) is 0 Å². The van der Waals surface area contributed by atoms with Crippen LogP contribution in [0.15, 0.2) is 24.3 Å². The highest BCUT2D eigenvalue weighted by molar-refractivity contribution is 5.94. The van der Waals surface area contributed by atoms with Gasteiger partial charge in [0.15, 0.2) is 0 Å². The van der Waals surface area contributed by atoms with Gasteiger partial charge in [-0.3, -0.25) is 4.79 Å². The Morgan fingerprint density at radius 1 is 1.35 bits per heavy atom. The highest BCUT2D eigenvalue weighted by Gasteiger charge is 2.19. The van der Waals surface area contributed by atoms with E-state index in [0.717, 1.165) is 25.1 Å². The fourth-order valence-electron chi connectivity index (χ4n) is 2.70. The standard InChI is InChI=1S/C16H25N3O/c1-19-11-3-2-4-15(19)12-18-16(20)14-7-5-13(6-8-14)9-10-17/h5-8,15H,2-4,9-12,17H2,1H3,(H,18,20). The molecule has 0 aromatic heterocycles. The summed E-state index contributed by atoms with van der Waals surface area (Å²) in [5.41, 5.74) is 7.42. The molecule has 1 fully saturated rings. The molecule has 1 heterocycles. The second-order valence-corrected chi connectivity index (χ2v) is 5.58. The van der Waals surface area contributed by atoms with Gasteiger partial charge in [0.25, 0.3) is 5.91 Å². The van der Waals surface area contributed by atoms with Crippen LogP contribution in [0.3, 0.4) is 0 Å². The number of piperidine rings is 1. The first-order chi connectivity index (χ1) is 9.70. The van der Waals surface area contributed by atoms with Crippen LogP contribution < -0.4 is 11.1 Å². The summed E-state index contributed by atoms with van der Waals surface area (Å²) >= 11 is 0. The maximum atomic E-state index is 12.1. The van der Waals surface area contributed by atoms with Crippen LogP contribution in [0.2, 0.25) is 0 Å². The van der Waals surface area contributed by atoms with Crippen LogP contribution in [0.5, 0.6) is 0 Å². The van der Waals surface area contributed by atoms with E-state index in [1.165, 1.54) is 24.8 Å². The Balaban J connectivity index is 1.84. The first-order valence-corrected chi connectivity index (χ1v) is 7.48. The minimum absolute atomic E-state index is 0.0169. The summed E-state index contributed by atoms with van der Waals surface area (Å²) in [6.45, 7) is 2.51. The molecule has 0 aliphatic carbocycles. The van der Waals surface area contributed by atoms with Gasteiger partial charge in [0.1, 0.15) is 0 Å². The van der Waals surface area contributed by atoms with Gasteiger partial charge in [0.05, 0.1) is 0 Å². The molecule has 1 aromatic rings. The minimum atomic E-state index is 0.0169. The van der Waals surface area contributed by atoms with Gasteiger partial charge in [-0.2, -0.15) is 0 Å². The molecule has 4 heteroatoms. The smallest absolute Gasteiger partial charge is 0.251 e. The first-order valence-electron chi connectivity index (χ1n) is 7.48. The molecule has 1 aliphatic rings. The number of rotatable bonds is 5. The fourth-order valence-corrected chi connectivity index (χ4v) is 2.70. The molecule has 20 heavy (non-hydrogen) atoms. The van der Waals surface area contributed by atoms with E-state index in [0.29, 0.717) is 12.6 Å². The van der Waals surface area contributed by atoms with E-state index in [9.17, 15) is 4.79 Å². The van der Waals surface area contributed by atoms with E-state index < -0.39 is 0 Å². The van der Waals surface area contributed by atoms with Gasteiger partial charge in [-0.15, -0.1) is 0 Å². The Kier molecular flexibility index (Phi) is 5.56. The molecule has 2 rings (SSSR count). The average molecular weight is 275 g/mol. The van der Waals surface area contributed by atoms with Gasteiger partial charge < -0.3 is 16.0 Å². The molecule has 0 spiro atoms. The zero-order valence-electron chi connectivity index (χ0n) is 12.3. The number of nitrogens with one attached hydrogen (secondary N) is 1. The summed E-state index contributed by atoms with van der Waals surface area (Å²) in [6.07, 6.45) is 4.56. The van der Waals surface area contributed by atoms with Crippen molar-refractivity contribution in [2.24, 2.45) is 5.73 Å². The molecular formula is C16H25N3O. The molecule has 0 saturated carbocycles. The molecule has 1 unspecified atom stereocenters. The second kappa shape index (κ2) is 7.41. The minimum Gasteiger partial charge on any atom is -0.350 e. The highest BCUT2D eigenvalue weighted by Crippen LogP contribution is 2.14. The molecule has 1 amide bonds. The van der Waals surface area contributed by atoms with Crippen LogP contribution in [0.4, 0.5) is 0 Å². The predicted octanol–water partition coefficient (Wildman–Crippen LogP) is 1.40. The van der Waals surface area contributed by atoms with Crippen LogP contribution in [0, 0.1) is 0 Å². The molecular weight excluding hydrogens is 250 g/mol. The van der Waals surface area contributed by atoms with E-state index >= 15 is 0 Å². The van der Waals surface area contributed by atoms with Crippen LogP contribution in [0.25, 0.3) is 0 Å². The summed E-state index contributed by atoms with van der Waals surface area (Å²) in [7, 11) is 2.14. The topological polar surface area (TPSA) is 58.4 Å². The lowest BCUT2D eigenvalue weighted by atomic mass is 10.0. The summed E-state index contributed by atoms with van der Waals surface area (Å²) in [5, 5.41) is 3.05. The monoisotopic (exact) mass is 275 g/mol. The third-order valence-electron chi connectivity index (χ3n) is 4.07. The molecule has 0 radical (unpaired) electrons. The SMILES string of the molecule is CN1CCCCC1CNC(=O)c1ccc(CCN)cc1. The molecule has 0 bridgehead atoms. The summed E-state index contributed by atoms with van der Waals surface area (Å²) in [4.78, 5) is 14.5. The van der Waals surface area contributed by atoms with Gasteiger partial charge in [-0.05, 0) is 57.1 Å². The summed E-state index contributed by atoms with van der Waals surface area (Å²) in [6, 6.07) is 8.20. The van der Waals surface area contributed by atoms with Crippen molar-refractivity contribution in [1.82, 2.24) is 10.2 Å². The van der Waals surface area contributed by atoms with E-state index in [-0.39, 0.29) is 5.91 Å². The lowest BCUT2D eigenvalue weighted by Gasteiger charge is -2.32. The number of nitrogens with zero attached hydrogens (tertiary/aromatic N) is 1. The van der Waals surface area contributed by atoms with Gasteiger partial charge >= 0.3 is 0 Å². The number of hydrogen-bond donors (Lipinski definition) is 2. The van der Waals surface area contributed by atoms with Gasteiger partial charge in [-0.25, -0.2) is 0 Å². The van der Waals surface area contributed by atoms with Crippen LogP contribution in [-0.2, 0) is 6.42 Å². The second-order valence-electron chi connectivity index (χ2n) is 5.58. The number of carbonyl (C=O) groups is 1. The van der Waals surface area contributed by atoms with E-state index in [4.69, 9.17) is 5.73 Å². The van der Waals surface area contributed by atoms with Crippen molar-refractivity contribution < 1.29 is 4.79 Å². The average Bonchev–Trinajstić information content (AvgIpc) is 2.47. The van der Waals surface area contributed by atoms with Gasteiger partial charge in [-0.1, -0.05) is 18.6 Å². The van der Waals surface area contributed by atoms with Crippen molar-refractivity contribution in [3.8, 4) is 0 Å². The Hall–Kier alpha value is -1.39. The normalized spacial score (nSPS) is 19.8. The van der Waals surface area contributed by atoms with Gasteiger partial charge in [0, 0.05) is 18.2 Å². The predicted molar refractivity (Wildman–Crippen MR) is 81.8 cm³/mol. The fraction of sp³-hybridized carbons (Fsp3) is 0.562. The number of amides is 1. The molecule has 1 saturated heterocycles. The van der Waals surface area contributed by atoms with Crippen molar-refractivity contribution in [2.45, 2.75) is 31.7 Å². The zero-order chi connectivity index (χ0) is 14.4. The van der Waals surface area contributed by atoms with Crippen LogP contribution >= 0.6 is 0 Å². The molecule has 1 atom stereocenters. The lowest BCUT2D eigenvalue weighted by Crippen LogP contribution is -2.44. The number of likely N-dealkylation sites (tertiary alicyclic amines) is 1.